The molecule has 2 heterocycles. The Morgan fingerprint density at radius 1 is 0.881 bits per heavy atom. The fourth-order valence-corrected chi connectivity index (χ4v) is 8.89. The van der Waals surface area contributed by atoms with Gasteiger partial charge in [-0.25, -0.2) is 9.46 Å². The molecule has 1 aromatic heterocycles. The summed E-state index contributed by atoms with van der Waals surface area (Å²) in [6.45, 7) is 8.34. The number of anilines is 1. The van der Waals surface area contributed by atoms with Crippen LogP contribution in [-0.4, -0.2) is 71.9 Å². The van der Waals surface area contributed by atoms with Gasteiger partial charge in [0.25, 0.3) is 14.4 Å². The van der Waals surface area contributed by atoms with E-state index in [1.165, 1.54) is 10.8 Å². The van der Waals surface area contributed by atoms with Crippen molar-refractivity contribution >= 4 is 20.3 Å². The van der Waals surface area contributed by atoms with Crippen molar-refractivity contribution in [2.45, 2.75) is 70.2 Å². The van der Waals surface area contributed by atoms with E-state index in [9.17, 15) is 14.9 Å². The van der Waals surface area contributed by atoms with Crippen LogP contribution < -0.4 is 20.5 Å². The molecule has 0 spiro atoms. The van der Waals surface area contributed by atoms with Gasteiger partial charge in [0.2, 0.25) is 0 Å². The zero-order valence-corrected chi connectivity index (χ0v) is 35.0. The van der Waals surface area contributed by atoms with Crippen LogP contribution in [0.5, 0.6) is 11.5 Å². The maximum absolute atomic E-state index is 13.9. The lowest BCUT2D eigenvalue weighted by Gasteiger charge is -2.41. The van der Waals surface area contributed by atoms with Crippen LogP contribution in [0.1, 0.15) is 67.4 Å². The van der Waals surface area contributed by atoms with Crippen molar-refractivity contribution in [2.75, 3.05) is 32.8 Å². The molecule has 1 N–H and O–H groups in total. The minimum absolute atomic E-state index is 0.0118. The van der Waals surface area contributed by atoms with Crippen molar-refractivity contribution in [3.8, 4) is 17.6 Å². The number of carbonyl (C=O) groups is 1. The molecule has 0 radical (unpaired) electrons. The zero-order chi connectivity index (χ0) is 41.9. The molecule has 13 nitrogen and oxygen atoms in total. The van der Waals surface area contributed by atoms with Crippen LogP contribution in [0.3, 0.4) is 0 Å². The summed E-state index contributed by atoms with van der Waals surface area (Å²) in [4.78, 5) is 31.1. The van der Waals surface area contributed by atoms with Crippen molar-refractivity contribution in [1.29, 1.82) is 5.26 Å². The molecule has 1 aliphatic heterocycles. The molecule has 0 aliphatic carbocycles. The van der Waals surface area contributed by atoms with Gasteiger partial charge in [0, 0.05) is 23.8 Å². The third-order valence-corrected chi connectivity index (χ3v) is 12.0. The van der Waals surface area contributed by atoms with E-state index in [4.69, 9.17) is 28.0 Å². The summed E-state index contributed by atoms with van der Waals surface area (Å²) in [6.07, 6.45) is -1.13. The number of methoxy groups -OCH3 is 2. The summed E-state index contributed by atoms with van der Waals surface area (Å²) in [6, 6.07) is 37.6. The van der Waals surface area contributed by atoms with Crippen LogP contribution in [-0.2, 0) is 24.1 Å². The number of nitriles is 1. The van der Waals surface area contributed by atoms with Crippen LogP contribution in [0.15, 0.2) is 126 Å². The summed E-state index contributed by atoms with van der Waals surface area (Å²) in [5, 5.41) is 12.2. The van der Waals surface area contributed by atoms with Crippen molar-refractivity contribution in [3.05, 3.63) is 154 Å². The molecule has 1 aliphatic rings. The Bertz CT molecular complexity index is 2160. The Labute approximate surface area is 346 Å². The molecule has 5 aromatic rings. The summed E-state index contributed by atoms with van der Waals surface area (Å²) in [5.74, 6) is 1.03. The number of aromatic nitrogens is 2. The normalized spacial score (nSPS) is 17.2. The fourth-order valence-electron chi connectivity index (χ4n) is 7.13. The van der Waals surface area contributed by atoms with E-state index >= 15 is 0 Å². The predicted molar refractivity (Wildman–Crippen MR) is 225 cm³/mol. The molecule has 0 saturated carbocycles. The Kier molecular flexibility index (Phi) is 14.6. The van der Waals surface area contributed by atoms with E-state index in [1.54, 1.807) is 44.6 Å². The number of amides is 1. The van der Waals surface area contributed by atoms with Gasteiger partial charge in [0.15, 0.2) is 6.23 Å². The van der Waals surface area contributed by atoms with E-state index in [-0.39, 0.29) is 37.5 Å². The molecule has 1 saturated heterocycles. The van der Waals surface area contributed by atoms with E-state index in [1.807, 2.05) is 113 Å². The maximum Gasteiger partial charge on any atom is 0.351 e. The molecule has 1 amide bonds. The smallest absolute Gasteiger partial charge is 0.351 e. The topological polar surface area (TPSA) is 146 Å². The van der Waals surface area contributed by atoms with E-state index in [0.29, 0.717) is 17.1 Å². The van der Waals surface area contributed by atoms with E-state index in [2.05, 4.69) is 21.0 Å². The van der Waals surface area contributed by atoms with Gasteiger partial charge in [-0.1, -0.05) is 72.8 Å². The largest absolute Gasteiger partial charge is 0.497 e. The van der Waals surface area contributed by atoms with Gasteiger partial charge in [-0.2, -0.15) is 10.2 Å². The first kappa shape index (κ1) is 43.1. The van der Waals surface area contributed by atoms with Crippen LogP contribution >= 0.6 is 8.53 Å². The SMILES string of the molecule is COc1ccc(C(O[C@H]2CO[C@@H](n3ccc(NC(=O)c4ccccc4)nc3=O)C2OP(OCCC#N)N(C(C)C)C(C)C)(c2ccccc2)c2ccc(OC)cc2)cc1. The number of hydrogen-bond acceptors (Lipinski definition) is 11. The van der Waals surface area contributed by atoms with Crippen molar-refractivity contribution in [3.63, 3.8) is 0 Å². The molecule has 4 atom stereocenters. The maximum atomic E-state index is 13.9. The lowest BCUT2D eigenvalue weighted by atomic mass is 9.79. The molecular weight excluding hydrogens is 769 g/mol. The highest BCUT2D eigenvalue weighted by Crippen LogP contribution is 2.52. The van der Waals surface area contributed by atoms with Gasteiger partial charge in [0.1, 0.15) is 35.1 Å². The second kappa shape index (κ2) is 20.0. The van der Waals surface area contributed by atoms with Crippen LogP contribution in [0, 0.1) is 11.3 Å². The number of hydrogen-bond donors (Lipinski definition) is 1. The molecule has 308 valence electrons. The summed E-state index contributed by atoms with van der Waals surface area (Å²) >= 11 is 0. The highest BCUT2D eigenvalue weighted by molar-refractivity contribution is 7.44. The number of ether oxygens (including phenoxy) is 4. The first-order valence-corrected chi connectivity index (χ1v) is 20.6. The zero-order valence-electron chi connectivity index (χ0n) is 34.1. The second-order valence-electron chi connectivity index (χ2n) is 14.3. The lowest BCUT2D eigenvalue weighted by molar-refractivity contribution is -0.0855. The number of nitrogens with zero attached hydrogens (tertiary/aromatic N) is 4. The van der Waals surface area contributed by atoms with Crippen LogP contribution in [0.25, 0.3) is 0 Å². The summed E-state index contributed by atoms with van der Waals surface area (Å²) < 4.78 is 42.0. The highest BCUT2D eigenvalue weighted by atomic mass is 31.2. The summed E-state index contributed by atoms with van der Waals surface area (Å²) in [5.41, 5.74) is 0.925. The highest BCUT2D eigenvalue weighted by Gasteiger charge is 2.50. The first-order chi connectivity index (χ1) is 28.6. The van der Waals surface area contributed by atoms with Crippen molar-refractivity contribution in [2.24, 2.45) is 0 Å². The van der Waals surface area contributed by atoms with E-state index in [0.717, 1.165) is 16.7 Å². The molecule has 2 unspecified atom stereocenters. The third kappa shape index (κ3) is 9.89. The first-order valence-electron chi connectivity index (χ1n) is 19.4. The monoisotopic (exact) mass is 819 g/mol. The third-order valence-electron chi connectivity index (χ3n) is 9.84. The number of rotatable bonds is 18. The molecule has 0 bridgehead atoms. The Balaban J connectivity index is 1.48. The number of nitrogens with one attached hydrogen (secondary N) is 1. The molecule has 6 rings (SSSR count). The number of benzene rings is 4. The molecule has 1 fully saturated rings. The van der Waals surface area contributed by atoms with Gasteiger partial charge in [0.05, 0.1) is 39.9 Å². The molecular formula is C45H50N5O8P. The van der Waals surface area contributed by atoms with Gasteiger partial charge in [-0.3, -0.25) is 9.36 Å². The fraction of sp³-hybridized carbons (Fsp3) is 0.333. The van der Waals surface area contributed by atoms with Gasteiger partial charge < -0.3 is 33.3 Å². The Morgan fingerprint density at radius 2 is 1.44 bits per heavy atom. The van der Waals surface area contributed by atoms with Gasteiger partial charge >= 0.3 is 5.69 Å². The quantitative estimate of drug-likeness (QED) is 0.0520. The van der Waals surface area contributed by atoms with Crippen molar-refractivity contribution < 1.29 is 32.8 Å². The average Bonchev–Trinajstić information content (AvgIpc) is 3.64. The molecule has 4 aromatic carbocycles. The van der Waals surface area contributed by atoms with Gasteiger partial charge in [-0.15, -0.1) is 0 Å². The molecule has 14 heteroatoms. The second-order valence-corrected chi connectivity index (χ2v) is 15.7. The minimum Gasteiger partial charge on any atom is -0.497 e. The predicted octanol–water partition coefficient (Wildman–Crippen LogP) is 8.08. The average molecular weight is 820 g/mol. The minimum atomic E-state index is -1.84. The Morgan fingerprint density at radius 3 is 1.97 bits per heavy atom. The van der Waals surface area contributed by atoms with Crippen molar-refractivity contribution in [1.82, 2.24) is 14.2 Å². The summed E-state index contributed by atoms with van der Waals surface area (Å²) in [7, 11) is 1.39. The number of carbonyl (C=O) groups excluding carboxylic acids is 1. The van der Waals surface area contributed by atoms with Crippen LogP contribution in [0.4, 0.5) is 5.82 Å². The van der Waals surface area contributed by atoms with Crippen LogP contribution in [0.2, 0.25) is 0 Å². The lowest BCUT2D eigenvalue weighted by Crippen LogP contribution is -2.44. The molecule has 59 heavy (non-hydrogen) atoms. The Hall–Kier alpha value is -5.45. The van der Waals surface area contributed by atoms with E-state index < -0.39 is 44.2 Å². The standard InChI is InChI=1S/C45H50N5O8P/c1-31(2)50(32(3)4)59(56-29-13-27-46)58-41-39(30-55-43(41)49-28-26-40(48-44(49)52)47-42(51)33-14-9-7-10-15-33)57-45(34-16-11-8-12-17-34,35-18-22-37(53-5)23-19-35)36-20-24-38(54-6)25-21-36/h7-12,14-26,28,31-32,39,41,43H,13,29-30H2,1-6H3,(H,47,48,51,52)/t39-,41?,43+,59?/m0/s1. The van der Waals surface area contributed by atoms with Gasteiger partial charge in [-0.05, 0) is 86.8 Å².